The maximum absolute atomic E-state index is 11.0. The minimum atomic E-state index is 0.633. The average molecular weight is 482 g/mol. The fourth-order valence-electron chi connectivity index (χ4n) is 2.91. The molecule has 0 atom stereocenters. The van der Waals surface area contributed by atoms with E-state index in [1.807, 2.05) is 24.3 Å². The Kier molecular flexibility index (Phi) is 4.89. The Morgan fingerprint density at radius 3 is 1.59 bits per heavy atom. The van der Waals surface area contributed by atoms with Crippen LogP contribution in [0.4, 0.5) is 0 Å². The van der Waals surface area contributed by atoms with E-state index in [-0.39, 0.29) is 0 Å². The number of rotatable bonds is 3. The van der Waals surface area contributed by atoms with Crippen molar-refractivity contribution >= 4 is 49.2 Å². The van der Waals surface area contributed by atoms with Gasteiger partial charge in [-0.05, 0) is 50.9 Å². The molecule has 4 rings (SSSR count). The van der Waals surface area contributed by atoms with Gasteiger partial charge in [0.2, 0.25) is 0 Å². The molecule has 0 saturated carbocycles. The van der Waals surface area contributed by atoms with Gasteiger partial charge in [-0.25, -0.2) is 9.97 Å². The Bertz CT molecular complexity index is 1150. The molecular weight excluding hydrogens is 468 g/mol. The quantitative estimate of drug-likeness (QED) is 0.309. The monoisotopic (exact) mass is 480 g/mol. The van der Waals surface area contributed by atoms with Gasteiger partial charge >= 0.3 is 0 Å². The largest absolute Gasteiger partial charge is 0.298 e. The van der Waals surface area contributed by atoms with Gasteiger partial charge in [0.1, 0.15) is 17.3 Å². The first kappa shape index (κ1) is 18.0. The number of hydrogen-bond acceptors (Lipinski definition) is 3. The minimum absolute atomic E-state index is 0.633. The number of fused-ring (bicyclic) bond motifs is 1. The van der Waals surface area contributed by atoms with Crippen LogP contribution in [0.15, 0.2) is 69.6 Å². The molecule has 0 aliphatic rings. The van der Waals surface area contributed by atoms with E-state index in [4.69, 9.17) is 9.97 Å². The molecule has 0 fully saturated rings. The first-order valence-electron chi connectivity index (χ1n) is 8.35. The van der Waals surface area contributed by atoms with Crippen molar-refractivity contribution in [1.82, 2.24) is 9.97 Å². The summed E-state index contributed by atoms with van der Waals surface area (Å²) >= 11 is 7.17. The van der Waals surface area contributed by atoms with E-state index in [1.54, 1.807) is 12.1 Å². The summed E-state index contributed by atoms with van der Waals surface area (Å²) < 4.78 is 1.78. The summed E-state index contributed by atoms with van der Waals surface area (Å²) in [6.45, 7) is 2.06. The predicted octanol–water partition coefficient (Wildman–Crippen LogP) is 6.61. The van der Waals surface area contributed by atoms with Crippen LogP contribution in [0.5, 0.6) is 0 Å². The molecule has 5 heteroatoms. The van der Waals surface area contributed by atoms with Crippen LogP contribution in [0.1, 0.15) is 15.9 Å². The van der Waals surface area contributed by atoms with Crippen LogP contribution in [-0.2, 0) is 0 Å². The van der Waals surface area contributed by atoms with Crippen LogP contribution in [0.2, 0.25) is 0 Å². The molecule has 4 aromatic rings. The second-order valence-corrected chi connectivity index (χ2v) is 7.96. The zero-order valence-corrected chi connectivity index (χ0v) is 17.6. The molecule has 0 N–H and O–H groups in total. The van der Waals surface area contributed by atoms with E-state index in [2.05, 4.69) is 63.0 Å². The van der Waals surface area contributed by atoms with Crippen LogP contribution in [-0.4, -0.2) is 16.3 Å². The highest BCUT2D eigenvalue weighted by molar-refractivity contribution is 9.11. The third-order valence-corrected chi connectivity index (χ3v) is 5.65. The fraction of sp³-hybridized carbons (Fsp3) is 0.0455. The second-order valence-electron chi connectivity index (χ2n) is 6.25. The number of nitrogens with zero attached hydrogens (tertiary/aromatic N) is 2. The Balaban J connectivity index is 2.04. The molecule has 0 aliphatic carbocycles. The number of benzene rings is 3. The van der Waals surface area contributed by atoms with Crippen molar-refractivity contribution < 1.29 is 4.79 Å². The molecule has 0 bridgehead atoms. The lowest BCUT2D eigenvalue weighted by atomic mass is 10.0. The van der Waals surface area contributed by atoms with Crippen molar-refractivity contribution in [2.75, 3.05) is 0 Å². The summed E-state index contributed by atoms with van der Waals surface area (Å²) in [6.07, 6.45) is 0.838. The molecule has 1 heterocycles. The number of hydrogen-bond donors (Lipinski definition) is 0. The molecule has 0 aliphatic heterocycles. The Morgan fingerprint density at radius 2 is 1.15 bits per heavy atom. The molecule has 1 aromatic heterocycles. The van der Waals surface area contributed by atoms with Crippen molar-refractivity contribution in [2.45, 2.75) is 6.92 Å². The number of aldehydes is 1. The van der Waals surface area contributed by atoms with Gasteiger partial charge in [0.25, 0.3) is 0 Å². The van der Waals surface area contributed by atoms with Crippen molar-refractivity contribution in [2.24, 2.45) is 0 Å². The van der Waals surface area contributed by atoms with Crippen LogP contribution in [0.3, 0.4) is 0 Å². The van der Waals surface area contributed by atoms with Crippen LogP contribution >= 0.6 is 31.9 Å². The SMILES string of the molecule is Cc1ccc(-c2nc3c(Br)ccc(Br)c3nc2-c2ccc(C=O)cc2)cc1. The highest BCUT2D eigenvalue weighted by Crippen LogP contribution is 2.35. The first-order valence-corrected chi connectivity index (χ1v) is 9.94. The van der Waals surface area contributed by atoms with Crippen LogP contribution in [0.25, 0.3) is 33.5 Å². The summed E-state index contributed by atoms with van der Waals surface area (Å²) in [4.78, 5) is 20.9. The molecule has 3 aromatic carbocycles. The predicted molar refractivity (Wildman–Crippen MR) is 116 cm³/mol. The van der Waals surface area contributed by atoms with Gasteiger partial charge in [-0.3, -0.25) is 4.79 Å². The Hall–Kier alpha value is -2.37. The van der Waals surface area contributed by atoms with Crippen molar-refractivity contribution in [3.8, 4) is 22.5 Å². The number of aromatic nitrogens is 2. The van der Waals surface area contributed by atoms with E-state index in [9.17, 15) is 4.79 Å². The summed E-state index contributed by atoms with van der Waals surface area (Å²) in [7, 11) is 0. The van der Waals surface area contributed by atoms with Crippen molar-refractivity contribution in [1.29, 1.82) is 0 Å². The van der Waals surface area contributed by atoms with Gasteiger partial charge < -0.3 is 0 Å². The van der Waals surface area contributed by atoms with Gasteiger partial charge in [-0.15, -0.1) is 0 Å². The maximum atomic E-state index is 11.0. The van der Waals surface area contributed by atoms with Crippen LogP contribution < -0.4 is 0 Å². The lowest BCUT2D eigenvalue weighted by Gasteiger charge is -2.12. The first-order chi connectivity index (χ1) is 13.1. The second kappa shape index (κ2) is 7.33. The normalized spacial score (nSPS) is 10.9. The molecule has 27 heavy (non-hydrogen) atoms. The van der Waals surface area contributed by atoms with E-state index < -0.39 is 0 Å². The topological polar surface area (TPSA) is 42.9 Å². The smallest absolute Gasteiger partial charge is 0.150 e. The molecule has 0 radical (unpaired) electrons. The average Bonchev–Trinajstić information content (AvgIpc) is 2.71. The maximum Gasteiger partial charge on any atom is 0.150 e. The van der Waals surface area contributed by atoms with Gasteiger partial charge in [0, 0.05) is 25.6 Å². The third kappa shape index (κ3) is 3.45. The van der Waals surface area contributed by atoms with Crippen molar-refractivity contribution in [3.63, 3.8) is 0 Å². The molecule has 0 unspecified atom stereocenters. The van der Waals surface area contributed by atoms with Crippen LogP contribution in [0, 0.1) is 6.92 Å². The summed E-state index contributed by atoms with van der Waals surface area (Å²) in [5.41, 5.74) is 6.90. The minimum Gasteiger partial charge on any atom is -0.298 e. The van der Waals surface area contributed by atoms with E-state index >= 15 is 0 Å². The van der Waals surface area contributed by atoms with E-state index in [1.165, 1.54) is 5.56 Å². The van der Waals surface area contributed by atoms with E-state index in [0.717, 1.165) is 48.8 Å². The van der Waals surface area contributed by atoms with Gasteiger partial charge in [-0.1, -0.05) is 54.1 Å². The number of carbonyl (C=O) groups is 1. The van der Waals surface area contributed by atoms with Gasteiger partial charge in [0.15, 0.2) is 0 Å². The molecule has 3 nitrogen and oxygen atoms in total. The zero-order chi connectivity index (χ0) is 19.0. The van der Waals surface area contributed by atoms with E-state index in [0.29, 0.717) is 5.56 Å². The van der Waals surface area contributed by atoms with Crippen molar-refractivity contribution in [3.05, 3.63) is 80.7 Å². The summed E-state index contributed by atoms with van der Waals surface area (Å²) in [6, 6.07) is 19.6. The lowest BCUT2D eigenvalue weighted by Crippen LogP contribution is -1.97. The molecule has 0 spiro atoms. The highest BCUT2D eigenvalue weighted by Gasteiger charge is 2.16. The standard InChI is InChI=1S/C22H14Br2N2O/c1-13-2-6-15(7-3-13)19-20(16-8-4-14(12-27)5-9-16)26-22-18(24)11-10-17(23)21(22)25-19/h2-12H,1H3. The molecule has 132 valence electrons. The Morgan fingerprint density at radius 1 is 0.704 bits per heavy atom. The zero-order valence-electron chi connectivity index (χ0n) is 14.4. The summed E-state index contributed by atoms with van der Waals surface area (Å²) in [5.74, 6) is 0. The number of aryl methyl sites for hydroxylation is 1. The fourth-order valence-corrected chi connectivity index (χ4v) is 3.72. The number of carbonyl (C=O) groups excluding carboxylic acids is 1. The third-order valence-electron chi connectivity index (χ3n) is 4.37. The number of halogens is 2. The van der Waals surface area contributed by atoms with Gasteiger partial charge in [-0.2, -0.15) is 0 Å². The summed E-state index contributed by atoms with van der Waals surface area (Å²) in [5, 5.41) is 0. The Labute approximate surface area is 173 Å². The lowest BCUT2D eigenvalue weighted by molar-refractivity contribution is 0.112. The molecule has 0 amide bonds. The highest BCUT2D eigenvalue weighted by atomic mass is 79.9. The molecule has 0 saturated heterocycles. The molecular formula is C22H14Br2N2O. The van der Waals surface area contributed by atoms with Gasteiger partial charge in [0.05, 0.1) is 11.4 Å².